The minimum Gasteiger partial charge on any atom is -0.350 e. The van der Waals surface area contributed by atoms with Crippen LogP contribution in [0.4, 0.5) is 5.69 Å². The zero-order chi connectivity index (χ0) is 19.5. The Hall–Kier alpha value is -3.08. The van der Waals surface area contributed by atoms with Gasteiger partial charge in [0.1, 0.15) is 0 Å². The molecule has 1 N–H and O–H groups in total. The molecule has 0 fully saturated rings. The summed E-state index contributed by atoms with van der Waals surface area (Å²) in [7, 11) is 1.94. The summed E-state index contributed by atoms with van der Waals surface area (Å²) in [4.78, 5) is 13.8. The third kappa shape index (κ3) is 2.07. The molecular weight excluding hydrogens is 372 g/mol. The number of nitrogens with zero attached hydrogens (tertiary/aromatic N) is 2. The van der Waals surface area contributed by atoms with Gasteiger partial charge in [0, 0.05) is 40.3 Å². The average molecular weight is 389 g/mol. The van der Waals surface area contributed by atoms with Gasteiger partial charge in [-0.05, 0) is 29.8 Å². The maximum absolute atomic E-state index is 13.8. The van der Waals surface area contributed by atoms with Crippen LogP contribution in [0.25, 0.3) is 10.9 Å². The Bertz CT molecular complexity index is 1230. The van der Waals surface area contributed by atoms with Crippen LogP contribution in [0.2, 0.25) is 5.02 Å². The van der Waals surface area contributed by atoms with E-state index in [1.54, 1.807) is 18.2 Å². The van der Waals surface area contributed by atoms with E-state index in [1.165, 1.54) is 0 Å². The summed E-state index contributed by atoms with van der Waals surface area (Å²) in [6.45, 7) is 0. The van der Waals surface area contributed by atoms with Crippen LogP contribution in [0.5, 0.6) is 0 Å². The molecule has 4 aromatic rings. The lowest BCUT2D eigenvalue weighted by molar-refractivity contribution is 0.0846. The van der Waals surface area contributed by atoms with E-state index in [1.807, 2.05) is 72.4 Å². The molecule has 5 rings (SSSR count). The Morgan fingerprint density at radius 1 is 0.964 bits per heavy atom. The van der Waals surface area contributed by atoms with Gasteiger partial charge in [0.15, 0.2) is 5.54 Å². The van der Waals surface area contributed by atoms with Gasteiger partial charge in [-0.1, -0.05) is 60.1 Å². The molecule has 1 aliphatic rings. The van der Waals surface area contributed by atoms with Crippen LogP contribution in [-0.4, -0.2) is 15.6 Å². The maximum atomic E-state index is 13.8. The second-order valence-corrected chi connectivity index (χ2v) is 7.49. The van der Waals surface area contributed by atoms with E-state index in [0.29, 0.717) is 21.8 Å². The predicted octanol–water partition coefficient (Wildman–Crippen LogP) is 5.17. The van der Waals surface area contributed by atoms with Gasteiger partial charge in [-0.2, -0.15) is 0 Å². The minimum absolute atomic E-state index is 0.177. The molecule has 28 heavy (non-hydrogen) atoms. The summed E-state index contributed by atoms with van der Waals surface area (Å²) in [6.07, 6.45) is 1.92. The summed E-state index contributed by atoms with van der Waals surface area (Å²) in [6, 6.07) is 22.3. The number of hydrogen-bond donors (Lipinski definition) is 1. The van der Waals surface area contributed by atoms with E-state index in [4.69, 9.17) is 11.6 Å². The molecule has 0 saturated carbocycles. The van der Waals surface area contributed by atoms with Crippen LogP contribution in [-0.2, 0) is 12.6 Å². The molecule has 3 aromatic carbocycles. The first-order valence-corrected chi connectivity index (χ1v) is 9.36. The van der Waals surface area contributed by atoms with Gasteiger partial charge in [0.25, 0.3) is 0 Å². The molecule has 1 atom stereocenters. The van der Waals surface area contributed by atoms with E-state index >= 15 is 0 Å². The number of carbonyl (C=O) groups excluding carboxylic acids is 1. The lowest BCUT2D eigenvalue weighted by atomic mass is 9.79. The lowest BCUT2D eigenvalue weighted by Gasteiger charge is -2.34. The van der Waals surface area contributed by atoms with Gasteiger partial charge in [0.05, 0.1) is 5.69 Å². The summed E-state index contributed by atoms with van der Waals surface area (Å²) >= 11 is 6.17. The highest BCUT2D eigenvalue weighted by Gasteiger charge is 2.55. The predicted molar refractivity (Wildman–Crippen MR) is 110 cm³/mol. The number of ketones is 1. The van der Waals surface area contributed by atoms with Crippen LogP contribution in [0.1, 0.15) is 21.5 Å². The third-order valence-corrected chi connectivity index (χ3v) is 5.79. The summed E-state index contributed by atoms with van der Waals surface area (Å²) in [5.41, 5.74) is 1.90. The first kappa shape index (κ1) is 17.0. The third-order valence-electron chi connectivity index (χ3n) is 5.56. The number of hydroxylamine groups is 1. The number of carbonyl (C=O) groups is 1. The minimum atomic E-state index is -1.38. The number of benzene rings is 3. The summed E-state index contributed by atoms with van der Waals surface area (Å²) in [5.74, 6) is -0.177. The van der Waals surface area contributed by atoms with E-state index in [0.717, 1.165) is 21.5 Å². The highest BCUT2D eigenvalue weighted by atomic mass is 35.5. The molecule has 0 bridgehead atoms. The zero-order valence-electron chi connectivity index (χ0n) is 15.1. The van der Waals surface area contributed by atoms with Gasteiger partial charge < -0.3 is 4.57 Å². The largest absolute Gasteiger partial charge is 0.350 e. The van der Waals surface area contributed by atoms with Crippen molar-refractivity contribution < 1.29 is 10.0 Å². The number of para-hydroxylation sites is 1. The van der Waals surface area contributed by atoms with E-state index in [9.17, 15) is 10.0 Å². The monoisotopic (exact) mass is 388 g/mol. The zero-order valence-corrected chi connectivity index (χ0v) is 15.9. The summed E-state index contributed by atoms with van der Waals surface area (Å²) in [5, 5.41) is 13.9. The maximum Gasteiger partial charge on any atom is 0.202 e. The second-order valence-electron chi connectivity index (χ2n) is 7.05. The number of aromatic nitrogens is 1. The first-order valence-electron chi connectivity index (χ1n) is 8.98. The Morgan fingerprint density at radius 3 is 2.46 bits per heavy atom. The van der Waals surface area contributed by atoms with Crippen LogP contribution in [0.15, 0.2) is 79.0 Å². The highest BCUT2D eigenvalue weighted by Crippen LogP contribution is 2.50. The second kappa shape index (κ2) is 5.96. The van der Waals surface area contributed by atoms with Gasteiger partial charge in [-0.15, -0.1) is 0 Å². The fraction of sp³-hybridized carbons (Fsp3) is 0.0870. The van der Waals surface area contributed by atoms with E-state index in [-0.39, 0.29) is 5.78 Å². The molecule has 0 amide bonds. The van der Waals surface area contributed by atoms with Gasteiger partial charge in [-0.3, -0.25) is 10.0 Å². The molecule has 5 heteroatoms. The van der Waals surface area contributed by atoms with Crippen LogP contribution in [0, 0.1) is 0 Å². The molecule has 1 aliphatic heterocycles. The molecule has 0 saturated heterocycles. The molecule has 1 aromatic heterocycles. The van der Waals surface area contributed by atoms with Crippen LogP contribution >= 0.6 is 11.6 Å². The first-order chi connectivity index (χ1) is 13.5. The fourth-order valence-corrected chi connectivity index (χ4v) is 4.46. The molecule has 2 heterocycles. The molecular formula is C23H17ClN2O2. The number of aryl methyl sites for hydroxylation is 1. The Labute approximate surface area is 167 Å². The van der Waals surface area contributed by atoms with Crippen molar-refractivity contribution in [2.75, 3.05) is 5.06 Å². The van der Waals surface area contributed by atoms with Crippen LogP contribution < -0.4 is 5.06 Å². The highest BCUT2D eigenvalue weighted by molar-refractivity contribution is 6.31. The Balaban J connectivity index is 1.91. The van der Waals surface area contributed by atoms with Crippen molar-refractivity contribution in [1.82, 2.24) is 4.57 Å². The number of halogens is 1. The number of anilines is 1. The van der Waals surface area contributed by atoms with Crippen molar-refractivity contribution in [3.05, 3.63) is 101 Å². The number of fused-ring (bicyclic) bond motifs is 2. The van der Waals surface area contributed by atoms with Crippen molar-refractivity contribution in [3.63, 3.8) is 0 Å². The molecule has 138 valence electrons. The van der Waals surface area contributed by atoms with Gasteiger partial charge >= 0.3 is 0 Å². The fourth-order valence-electron chi connectivity index (χ4n) is 4.30. The number of hydrogen-bond acceptors (Lipinski definition) is 3. The van der Waals surface area contributed by atoms with Crippen LogP contribution in [0.3, 0.4) is 0 Å². The molecule has 4 nitrogen and oxygen atoms in total. The van der Waals surface area contributed by atoms with Gasteiger partial charge in [0.2, 0.25) is 5.78 Å². The topological polar surface area (TPSA) is 45.5 Å². The normalized spacial score (nSPS) is 18.7. The SMILES string of the molecule is Cn1cc(C2(c3ccccc3)C(=O)c3ccc(Cl)cc3N2O)c2ccccc21. The van der Waals surface area contributed by atoms with E-state index < -0.39 is 5.54 Å². The van der Waals surface area contributed by atoms with Crippen molar-refractivity contribution >= 4 is 34.0 Å². The quantitative estimate of drug-likeness (QED) is 0.515. The molecule has 0 aliphatic carbocycles. The summed E-state index contributed by atoms with van der Waals surface area (Å²) < 4.78 is 1.98. The smallest absolute Gasteiger partial charge is 0.202 e. The van der Waals surface area contributed by atoms with Crippen molar-refractivity contribution in [1.29, 1.82) is 0 Å². The standard InChI is InChI=1S/C23H17ClN2O2/c1-25-14-19(17-9-5-6-10-20(17)25)23(15-7-3-2-4-8-15)22(27)18-12-11-16(24)13-21(18)26(23)28/h2-14,28H,1H3. The molecule has 0 spiro atoms. The van der Waals surface area contributed by atoms with Gasteiger partial charge in [-0.25, -0.2) is 5.06 Å². The van der Waals surface area contributed by atoms with Crippen molar-refractivity contribution in [2.45, 2.75) is 5.54 Å². The average Bonchev–Trinajstić information content (AvgIpc) is 3.16. The molecule has 0 radical (unpaired) electrons. The number of rotatable bonds is 2. The van der Waals surface area contributed by atoms with Crippen molar-refractivity contribution in [3.8, 4) is 0 Å². The Kier molecular flexibility index (Phi) is 3.63. The van der Waals surface area contributed by atoms with E-state index in [2.05, 4.69) is 0 Å². The molecule has 1 unspecified atom stereocenters. The lowest BCUT2D eigenvalue weighted by Crippen LogP contribution is -2.47. The number of Topliss-reactive ketones (excluding diaryl/α,β-unsaturated/α-hetero) is 1. The van der Waals surface area contributed by atoms with Crippen molar-refractivity contribution in [2.24, 2.45) is 7.05 Å². The Morgan fingerprint density at radius 2 is 1.68 bits per heavy atom.